The molecule has 1 N–H and O–H groups in total. The van der Waals surface area contributed by atoms with Gasteiger partial charge in [-0.1, -0.05) is 17.7 Å². The van der Waals surface area contributed by atoms with Crippen LogP contribution in [0, 0.1) is 18.8 Å². The highest BCUT2D eigenvalue weighted by atomic mass is 32.2. The Bertz CT molecular complexity index is 806. The zero-order chi connectivity index (χ0) is 18.8. The maximum absolute atomic E-state index is 12.2. The molecule has 0 spiro atoms. The molecule has 2 aliphatic rings. The van der Waals surface area contributed by atoms with Crippen molar-refractivity contribution in [1.82, 2.24) is 4.72 Å². The van der Waals surface area contributed by atoms with Crippen LogP contribution in [0.1, 0.15) is 44.1 Å². The van der Waals surface area contributed by atoms with Crippen LogP contribution in [0.2, 0.25) is 0 Å². The molecule has 146 valence electrons. The molecular weight excluding hydrogens is 374 g/mol. The summed E-state index contributed by atoms with van der Waals surface area (Å²) in [4.78, 5) is 0.171. The van der Waals surface area contributed by atoms with Crippen molar-refractivity contribution in [2.75, 3.05) is 12.4 Å². The van der Waals surface area contributed by atoms with Crippen molar-refractivity contribution in [3.05, 3.63) is 29.8 Å². The van der Waals surface area contributed by atoms with Gasteiger partial charge < -0.3 is 0 Å². The average molecular weight is 402 g/mol. The second-order valence-corrected chi connectivity index (χ2v) is 11.0. The van der Waals surface area contributed by atoms with Crippen LogP contribution in [0.15, 0.2) is 29.2 Å². The van der Waals surface area contributed by atoms with Gasteiger partial charge in [-0.25, -0.2) is 13.1 Å². The van der Waals surface area contributed by atoms with Crippen molar-refractivity contribution < 1.29 is 21.0 Å². The highest BCUT2D eigenvalue weighted by Crippen LogP contribution is 2.31. The van der Waals surface area contributed by atoms with Gasteiger partial charge in [0.15, 0.2) is 0 Å². The highest BCUT2D eigenvalue weighted by molar-refractivity contribution is 7.89. The van der Waals surface area contributed by atoms with E-state index in [0.717, 1.165) is 44.1 Å². The number of benzene rings is 1. The van der Waals surface area contributed by atoms with Gasteiger partial charge in [-0.2, -0.15) is 8.42 Å². The van der Waals surface area contributed by atoms with E-state index in [4.69, 9.17) is 4.18 Å². The third-order valence-corrected chi connectivity index (χ3v) is 8.01. The summed E-state index contributed by atoms with van der Waals surface area (Å²) in [6.45, 7) is 2.05. The summed E-state index contributed by atoms with van der Waals surface area (Å²) in [5.74, 6) is 0.716. The first-order valence-electron chi connectivity index (χ1n) is 9.19. The van der Waals surface area contributed by atoms with Crippen LogP contribution in [-0.2, 0) is 24.3 Å². The largest absolute Gasteiger partial charge is 0.296 e. The molecule has 0 radical (unpaired) electrons. The van der Waals surface area contributed by atoms with Crippen LogP contribution in [0.25, 0.3) is 0 Å². The van der Waals surface area contributed by atoms with E-state index in [9.17, 15) is 16.8 Å². The monoisotopic (exact) mass is 401 g/mol. The summed E-state index contributed by atoms with van der Waals surface area (Å²) in [5, 5.41) is 0. The minimum absolute atomic E-state index is 0.0382. The molecule has 0 heterocycles. The first-order valence-corrected chi connectivity index (χ1v) is 12.3. The molecule has 0 unspecified atom stereocenters. The lowest BCUT2D eigenvalue weighted by molar-refractivity contribution is 0.202. The van der Waals surface area contributed by atoms with E-state index in [2.05, 4.69) is 4.72 Å². The molecular formula is C18H27NO5S2. The van der Waals surface area contributed by atoms with Crippen molar-refractivity contribution in [2.45, 2.75) is 56.4 Å². The van der Waals surface area contributed by atoms with Gasteiger partial charge in [-0.05, 0) is 69.4 Å². The van der Waals surface area contributed by atoms with Gasteiger partial charge >= 0.3 is 0 Å². The van der Waals surface area contributed by atoms with Crippen LogP contribution >= 0.6 is 0 Å². The molecule has 0 atom stereocenters. The average Bonchev–Trinajstić information content (AvgIpc) is 3.37. The van der Waals surface area contributed by atoms with Gasteiger partial charge in [0.2, 0.25) is 10.0 Å². The topological polar surface area (TPSA) is 89.5 Å². The van der Waals surface area contributed by atoms with Crippen molar-refractivity contribution in [3.8, 4) is 0 Å². The third kappa shape index (κ3) is 5.77. The Morgan fingerprint density at radius 1 is 0.923 bits per heavy atom. The van der Waals surface area contributed by atoms with Crippen molar-refractivity contribution >= 4 is 20.1 Å². The molecule has 8 heteroatoms. The first-order chi connectivity index (χ1) is 12.2. The zero-order valence-electron chi connectivity index (χ0n) is 15.1. The fourth-order valence-corrected chi connectivity index (χ4v) is 6.07. The Kier molecular flexibility index (Phi) is 6.06. The van der Waals surface area contributed by atoms with Crippen LogP contribution in [0.5, 0.6) is 0 Å². The normalized spacial score (nSPS) is 24.5. The maximum Gasteiger partial charge on any atom is 0.296 e. The quantitative estimate of drug-likeness (QED) is 0.676. The molecule has 6 nitrogen and oxygen atoms in total. The number of hydrogen-bond acceptors (Lipinski definition) is 5. The predicted molar refractivity (Wildman–Crippen MR) is 99.7 cm³/mol. The molecule has 0 bridgehead atoms. The lowest BCUT2D eigenvalue weighted by Gasteiger charge is -2.28. The number of nitrogens with one attached hydrogen (secondary N) is 1. The summed E-state index contributed by atoms with van der Waals surface area (Å²) in [7, 11) is -6.92. The summed E-state index contributed by atoms with van der Waals surface area (Å²) in [6, 6.07) is 6.56. The number of rotatable bonds is 8. The van der Waals surface area contributed by atoms with E-state index in [1.807, 2.05) is 6.92 Å². The fourth-order valence-electron chi connectivity index (χ4n) is 3.30. The minimum atomic E-state index is -3.74. The maximum atomic E-state index is 12.2. The van der Waals surface area contributed by atoms with Crippen LogP contribution in [0.3, 0.4) is 0 Å². The van der Waals surface area contributed by atoms with Crippen molar-refractivity contribution in [1.29, 1.82) is 0 Å². The lowest BCUT2D eigenvalue weighted by Crippen LogP contribution is -2.39. The van der Waals surface area contributed by atoms with E-state index in [0.29, 0.717) is 5.92 Å². The van der Waals surface area contributed by atoms with Crippen LogP contribution in [-0.4, -0.2) is 35.2 Å². The Morgan fingerprint density at radius 3 is 2.08 bits per heavy atom. The number of aryl methyl sites for hydroxylation is 1. The first kappa shape index (κ1) is 19.8. The molecule has 2 aliphatic carbocycles. The smallest absolute Gasteiger partial charge is 0.266 e. The number of hydrogen-bond donors (Lipinski definition) is 1. The SMILES string of the molecule is Cc1ccc(S(=O)(=O)OCC2CCC(NS(=O)(=O)CC3CC3)CC2)cc1. The number of sulfonamides is 1. The molecule has 0 amide bonds. The van der Waals surface area contributed by atoms with E-state index < -0.39 is 20.1 Å². The van der Waals surface area contributed by atoms with E-state index in [1.54, 1.807) is 24.3 Å². The summed E-state index contributed by atoms with van der Waals surface area (Å²) < 4.78 is 56.6. The Labute approximate surface area is 156 Å². The van der Waals surface area contributed by atoms with Gasteiger partial charge in [0.25, 0.3) is 10.1 Å². The molecule has 0 saturated heterocycles. The standard InChI is InChI=1S/C18H27NO5S2/c1-14-2-10-18(11-3-14)26(22,23)24-12-15-6-8-17(9-7-15)19-25(20,21)13-16-4-5-16/h2-3,10-11,15-17,19H,4-9,12-13H2,1H3. The molecule has 0 aliphatic heterocycles. The van der Waals surface area contributed by atoms with Crippen molar-refractivity contribution in [2.24, 2.45) is 11.8 Å². The molecule has 2 fully saturated rings. The summed E-state index contributed by atoms with van der Waals surface area (Å²) >= 11 is 0. The minimum Gasteiger partial charge on any atom is -0.266 e. The molecule has 0 aromatic heterocycles. The van der Waals surface area contributed by atoms with E-state index in [1.165, 1.54) is 0 Å². The van der Waals surface area contributed by atoms with E-state index in [-0.39, 0.29) is 29.2 Å². The molecule has 26 heavy (non-hydrogen) atoms. The van der Waals surface area contributed by atoms with Gasteiger partial charge in [0.05, 0.1) is 17.3 Å². The summed E-state index contributed by atoms with van der Waals surface area (Å²) in [6.07, 6.45) is 5.01. The van der Waals surface area contributed by atoms with Gasteiger partial charge in [0.1, 0.15) is 0 Å². The second kappa shape index (κ2) is 7.96. The van der Waals surface area contributed by atoms with Gasteiger partial charge in [0, 0.05) is 6.04 Å². The molecule has 3 rings (SSSR count). The van der Waals surface area contributed by atoms with Crippen LogP contribution in [0.4, 0.5) is 0 Å². The Hall–Kier alpha value is -0.960. The Morgan fingerprint density at radius 2 is 1.50 bits per heavy atom. The third-order valence-electron chi connectivity index (χ3n) is 5.11. The summed E-state index contributed by atoms with van der Waals surface area (Å²) in [5.41, 5.74) is 0.992. The Balaban J connectivity index is 1.44. The predicted octanol–water partition coefficient (Wildman–Crippen LogP) is 2.59. The fraction of sp³-hybridized carbons (Fsp3) is 0.667. The van der Waals surface area contributed by atoms with Crippen molar-refractivity contribution in [3.63, 3.8) is 0 Å². The molecule has 1 aromatic carbocycles. The lowest BCUT2D eigenvalue weighted by atomic mass is 9.87. The van der Waals surface area contributed by atoms with Gasteiger partial charge in [-0.3, -0.25) is 4.18 Å². The van der Waals surface area contributed by atoms with Crippen LogP contribution < -0.4 is 4.72 Å². The van der Waals surface area contributed by atoms with Gasteiger partial charge in [-0.15, -0.1) is 0 Å². The highest BCUT2D eigenvalue weighted by Gasteiger charge is 2.31. The zero-order valence-corrected chi connectivity index (χ0v) is 16.7. The van der Waals surface area contributed by atoms with E-state index >= 15 is 0 Å². The molecule has 1 aromatic rings. The molecule has 2 saturated carbocycles. The second-order valence-electron chi connectivity index (χ2n) is 7.61.